The summed E-state index contributed by atoms with van der Waals surface area (Å²) in [6.07, 6.45) is 2.47. The van der Waals surface area contributed by atoms with Crippen LogP contribution in [0.15, 0.2) is 12.2 Å². The Balaban J connectivity index is 3.85. The number of hydrogen-bond acceptors (Lipinski definition) is 2. The van der Waals surface area contributed by atoms with Crippen LogP contribution < -0.4 is 0 Å². The van der Waals surface area contributed by atoms with Gasteiger partial charge in [-0.25, -0.2) is 4.79 Å². The van der Waals surface area contributed by atoms with Gasteiger partial charge in [0.05, 0.1) is 0 Å². The predicted octanol–water partition coefficient (Wildman–Crippen LogP) is 2.50. The minimum Gasteiger partial charge on any atom is -0.459 e. The summed E-state index contributed by atoms with van der Waals surface area (Å²) in [6.45, 7) is 10.9. The number of esters is 1. The first-order valence-corrected chi connectivity index (χ1v) is 4.27. The van der Waals surface area contributed by atoms with E-state index in [0.29, 0.717) is 12.0 Å². The van der Waals surface area contributed by atoms with Gasteiger partial charge in [-0.05, 0) is 26.7 Å². The molecule has 0 saturated carbocycles. The van der Waals surface area contributed by atoms with E-state index < -0.39 is 0 Å². The first kappa shape index (κ1) is 11.2. The van der Waals surface area contributed by atoms with Crippen molar-refractivity contribution in [3.8, 4) is 0 Å². The quantitative estimate of drug-likeness (QED) is 0.467. The number of rotatable bonds is 5. The Bertz CT molecular complexity index is 161. The summed E-state index contributed by atoms with van der Waals surface area (Å²) in [4.78, 5) is 11.0. The Hall–Kier alpha value is -0.790. The highest BCUT2D eigenvalue weighted by Gasteiger charge is 2.11. The van der Waals surface area contributed by atoms with Crippen LogP contribution in [0.4, 0.5) is 0 Å². The van der Waals surface area contributed by atoms with E-state index in [1.165, 1.54) is 0 Å². The van der Waals surface area contributed by atoms with Gasteiger partial charge in [-0.2, -0.15) is 0 Å². The van der Waals surface area contributed by atoms with Gasteiger partial charge in [0.2, 0.25) is 0 Å². The maximum Gasteiger partial charge on any atom is 0.333 e. The Labute approximate surface area is 74.6 Å². The first-order valence-electron chi connectivity index (χ1n) is 4.27. The van der Waals surface area contributed by atoms with Crippen LogP contribution in [-0.4, -0.2) is 12.1 Å². The van der Waals surface area contributed by atoms with Gasteiger partial charge in [-0.3, -0.25) is 0 Å². The number of carbonyl (C=O) groups is 1. The highest BCUT2D eigenvalue weighted by atomic mass is 16.5. The normalized spacial score (nSPS) is 12.2. The predicted molar refractivity (Wildman–Crippen MR) is 49.6 cm³/mol. The molecule has 0 amide bonds. The maximum atomic E-state index is 11.0. The number of carbonyl (C=O) groups excluding carboxylic acids is 1. The van der Waals surface area contributed by atoms with Crippen molar-refractivity contribution in [2.24, 2.45) is 0 Å². The van der Waals surface area contributed by atoms with Crippen LogP contribution in [0.5, 0.6) is 0 Å². The fraction of sp³-hybridized carbons (Fsp3) is 0.600. The average molecular weight is 169 g/mol. The summed E-state index contributed by atoms with van der Waals surface area (Å²) in [7, 11) is 0. The molecule has 0 N–H and O–H groups in total. The largest absolute Gasteiger partial charge is 0.459 e. The highest BCUT2D eigenvalue weighted by molar-refractivity contribution is 5.87. The molecule has 0 aliphatic rings. The number of hydrogen-bond donors (Lipinski definition) is 0. The van der Waals surface area contributed by atoms with Crippen molar-refractivity contribution in [2.75, 3.05) is 0 Å². The second kappa shape index (κ2) is 5.81. The van der Waals surface area contributed by atoms with Gasteiger partial charge in [-0.1, -0.05) is 19.9 Å². The lowest BCUT2D eigenvalue weighted by Gasteiger charge is -2.14. The van der Waals surface area contributed by atoms with Gasteiger partial charge in [0.15, 0.2) is 0 Å². The van der Waals surface area contributed by atoms with Gasteiger partial charge in [0.1, 0.15) is 6.10 Å². The summed E-state index contributed by atoms with van der Waals surface area (Å²) in [6, 6.07) is 0. The molecule has 0 fully saturated rings. The van der Waals surface area contributed by atoms with Crippen LogP contribution in [0.1, 0.15) is 33.1 Å². The second-order valence-corrected chi connectivity index (χ2v) is 2.88. The van der Waals surface area contributed by atoms with E-state index in [-0.39, 0.29) is 12.1 Å². The van der Waals surface area contributed by atoms with Crippen LogP contribution >= 0.6 is 0 Å². The average Bonchev–Trinajstić information content (AvgIpc) is 2.03. The molecule has 1 atom stereocenters. The lowest BCUT2D eigenvalue weighted by molar-refractivity contribution is -0.144. The third-order valence-electron chi connectivity index (χ3n) is 1.55. The minimum atomic E-state index is -0.308. The Kier molecular flexibility index (Phi) is 5.43. The molecular formula is C10H17O2. The zero-order valence-electron chi connectivity index (χ0n) is 7.93. The Morgan fingerprint density at radius 1 is 1.58 bits per heavy atom. The SMILES string of the molecule is [CH2]CC(CCC)OC(=O)C(=C)C. The maximum absolute atomic E-state index is 11.0. The molecule has 12 heavy (non-hydrogen) atoms. The van der Waals surface area contributed by atoms with E-state index in [4.69, 9.17) is 4.74 Å². The fourth-order valence-corrected chi connectivity index (χ4v) is 0.836. The van der Waals surface area contributed by atoms with E-state index >= 15 is 0 Å². The van der Waals surface area contributed by atoms with E-state index in [9.17, 15) is 4.79 Å². The molecule has 0 rings (SSSR count). The topological polar surface area (TPSA) is 26.3 Å². The molecule has 1 unspecified atom stereocenters. The molecule has 69 valence electrons. The van der Waals surface area contributed by atoms with Crippen molar-refractivity contribution in [1.82, 2.24) is 0 Å². The molecule has 0 aromatic heterocycles. The van der Waals surface area contributed by atoms with Gasteiger partial charge < -0.3 is 4.74 Å². The summed E-state index contributed by atoms with van der Waals surface area (Å²) >= 11 is 0. The molecule has 2 heteroatoms. The molecule has 1 radical (unpaired) electrons. The molecule has 0 bridgehead atoms. The van der Waals surface area contributed by atoms with E-state index in [1.54, 1.807) is 6.92 Å². The van der Waals surface area contributed by atoms with Crippen LogP contribution in [0, 0.1) is 6.92 Å². The third-order valence-corrected chi connectivity index (χ3v) is 1.55. The van der Waals surface area contributed by atoms with Crippen molar-refractivity contribution in [1.29, 1.82) is 0 Å². The molecule has 0 aromatic rings. The summed E-state index contributed by atoms with van der Waals surface area (Å²) in [5.74, 6) is -0.308. The molecule has 2 nitrogen and oxygen atoms in total. The van der Waals surface area contributed by atoms with Crippen molar-refractivity contribution in [3.05, 3.63) is 19.1 Å². The van der Waals surface area contributed by atoms with Crippen LogP contribution in [0.3, 0.4) is 0 Å². The van der Waals surface area contributed by atoms with Gasteiger partial charge in [-0.15, -0.1) is 0 Å². The lowest BCUT2D eigenvalue weighted by atomic mass is 10.1. The minimum absolute atomic E-state index is 0.0424. The van der Waals surface area contributed by atoms with Crippen molar-refractivity contribution < 1.29 is 9.53 Å². The number of ether oxygens (including phenoxy) is 1. The first-order chi connectivity index (χ1) is 5.61. The molecule has 0 aliphatic carbocycles. The fourth-order valence-electron chi connectivity index (χ4n) is 0.836. The standard InChI is InChI=1S/C10H17O2/c1-5-7-9(6-2)12-10(11)8(3)4/h9H,2-3,5-7H2,1,4H3. The zero-order chi connectivity index (χ0) is 9.56. The van der Waals surface area contributed by atoms with Crippen LogP contribution in [0.25, 0.3) is 0 Å². The van der Waals surface area contributed by atoms with Crippen molar-refractivity contribution in [2.45, 2.75) is 39.2 Å². The molecule has 0 aromatic carbocycles. The van der Waals surface area contributed by atoms with Crippen LogP contribution in [0.2, 0.25) is 0 Å². The zero-order valence-corrected chi connectivity index (χ0v) is 7.93. The smallest absolute Gasteiger partial charge is 0.333 e. The summed E-state index contributed by atoms with van der Waals surface area (Å²) < 4.78 is 5.10. The molecule has 0 saturated heterocycles. The Morgan fingerprint density at radius 2 is 2.17 bits per heavy atom. The second-order valence-electron chi connectivity index (χ2n) is 2.88. The lowest BCUT2D eigenvalue weighted by Crippen LogP contribution is -2.17. The van der Waals surface area contributed by atoms with Gasteiger partial charge in [0.25, 0.3) is 0 Å². The van der Waals surface area contributed by atoms with Crippen molar-refractivity contribution >= 4 is 5.97 Å². The van der Waals surface area contributed by atoms with E-state index in [1.807, 2.05) is 0 Å². The van der Waals surface area contributed by atoms with E-state index in [0.717, 1.165) is 12.8 Å². The van der Waals surface area contributed by atoms with Gasteiger partial charge in [0, 0.05) is 5.57 Å². The van der Waals surface area contributed by atoms with Crippen molar-refractivity contribution in [3.63, 3.8) is 0 Å². The van der Waals surface area contributed by atoms with E-state index in [2.05, 4.69) is 20.4 Å². The third kappa shape index (κ3) is 4.16. The molecule has 0 aliphatic heterocycles. The van der Waals surface area contributed by atoms with Gasteiger partial charge >= 0.3 is 5.97 Å². The summed E-state index contributed by atoms with van der Waals surface area (Å²) in [5.41, 5.74) is 0.449. The monoisotopic (exact) mass is 169 g/mol. The van der Waals surface area contributed by atoms with Crippen LogP contribution in [-0.2, 0) is 9.53 Å². The summed E-state index contributed by atoms with van der Waals surface area (Å²) in [5, 5.41) is 0. The Morgan fingerprint density at radius 3 is 2.50 bits per heavy atom. The molecule has 0 spiro atoms. The molecular weight excluding hydrogens is 152 g/mol. The highest BCUT2D eigenvalue weighted by Crippen LogP contribution is 2.08. The molecule has 0 heterocycles.